The second-order valence-electron chi connectivity index (χ2n) is 5.84. The van der Waals surface area contributed by atoms with E-state index in [2.05, 4.69) is 36.1 Å². The molecule has 0 saturated carbocycles. The molecule has 1 unspecified atom stereocenters. The maximum absolute atomic E-state index is 12.0. The summed E-state index contributed by atoms with van der Waals surface area (Å²) < 4.78 is 5.03. The Hall–Kier alpha value is -1.36. The van der Waals surface area contributed by atoms with E-state index in [0.29, 0.717) is 18.3 Å². The summed E-state index contributed by atoms with van der Waals surface area (Å²) in [5.41, 5.74) is 0.335. The third kappa shape index (κ3) is 4.06. The minimum absolute atomic E-state index is 0.0174. The molecule has 0 aliphatic carbocycles. The van der Waals surface area contributed by atoms with Crippen molar-refractivity contribution in [3.05, 3.63) is 17.5 Å². The van der Waals surface area contributed by atoms with Crippen LogP contribution in [-0.4, -0.2) is 42.6 Å². The Balaban J connectivity index is 2.58. The number of carbonyl (C=O) groups is 1. The van der Waals surface area contributed by atoms with Crippen LogP contribution in [0.5, 0.6) is 0 Å². The Kier molecular flexibility index (Phi) is 5.11. The average Bonchev–Trinajstić information content (AvgIpc) is 2.83. The van der Waals surface area contributed by atoms with Gasteiger partial charge in [-0.3, -0.25) is 4.79 Å². The highest BCUT2D eigenvalue weighted by Crippen LogP contribution is 2.22. The maximum atomic E-state index is 12.0. The fourth-order valence-electron chi connectivity index (χ4n) is 1.83. The van der Waals surface area contributed by atoms with E-state index in [0.717, 1.165) is 12.2 Å². The lowest BCUT2D eigenvalue weighted by Crippen LogP contribution is -2.46. The molecule has 1 rings (SSSR count). The van der Waals surface area contributed by atoms with Gasteiger partial charge in [0.05, 0.1) is 0 Å². The Morgan fingerprint density at radius 1 is 1.53 bits per heavy atom. The summed E-state index contributed by atoms with van der Waals surface area (Å²) in [7, 11) is 4.08. The number of rotatable bonds is 6. The van der Waals surface area contributed by atoms with Gasteiger partial charge in [0.25, 0.3) is 5.91 Å². The fraction of sp³-hybridized carbons (Fsp3) is 0.714. The average molecular weight is 267 g/mol. The molecule has 0 radical (unpaired) electrons. The molecule has 1 aromatic heterocycles. The molecule has 5 nitrogen and oxygen atoms in total. The number of aromatic nitrogens is 1. The molecule has 0 bridgehead atoms. The maximum Gasteiger partial charge on any atom is 0.273 e. The molecule has 5 heteroatoms. The van der Waals surface area contributed by atoms with Crippen molar-refractivity contribution in [3.8, 4) is 0 Å². The summed E-state index contributed by atoms with van der Waals surface area (Å²) in [5, 5.41) is 6.69. The quantitative estimate of drug-likeness (QED) is 0.856. The third-order valence-electron chi connectivity index (χ3n) is 3.75. The van der Waals surface area contributed by atoms with E-state index in [-0.39, 0.29) is 11.3 Å². The van der Waals surface area contributed by atoms with Crippen molar-refractivity contribution in [3.63, 3.8) is 0 Å². The Labute approximate surface area is 115 Å². The predicted octanol–water partition coefficient (Wildman–Crippen LogP) is 1.94. The third-order valence-corrected chi connectivity index (χ3v) is 3.75. The van der Waals surface area contributed by atoms with Crippen LogP contribution in [0.3, 0.4) is 0 Å². The van der Waals surface area contributed by atoms with Gasteiger partial charge in [-0.05, 0) is 26.4 Å². The number of hydrogen-bond donors (Lipinski definition) is 1. The zero-order valence-electron chi connectivity index (χ0n) is 12.8. The number of hydrogen-bond acceptors (Lipinski definition) is 4. The monoisotopic (exact) mass is 267 g/mol. The Bertz CT molecular complexity index is 424. The number of nitrogens with zero attached hydrogens (tertiary/aromatic N) is 2. The van der Waals surface area contributed by atoms with E-state index >= 15 is 0 Å². The zero-order valence-corrected chi connectivity index (χ0v) is 12.8. The number of amides is 1. The van der Waals surface area contributed by atoms with E-state index < -0.39 is 0 Å². The minimum atomic E-state index is -0.178. The summed E-state index contributed by atoms with van der Waals surface area (Å²) >= 11 is 0. The van der Waals surface area contributed by atoms with Crippen LogP contribution in [0.4, 0.5) is 0 Å². The molecule has 1 atom stereocenters. The Morgan fingerprint density at radius 2 is 2.16 bits per heavy atom. The number of nitrogens with one attached hydrogen (secondary N) is 1. The van der Waals surface area contributed by atoms with Crippen molar-refractivity contribution >= 4 is 5.91 Å². The molecular weight excluding hydrogens is 242 g/mol. The van der Waals surface area contributed by atoms with Crippen LogP contribution in [0.15, 0.2) is 10.6 Å². The molecule has 0 saturated heterocycles. The van der Waals surface area contributed by atoms with Crippen LogP contribution in [0.25, 0.3) is 0 Å². The van der Waals surface area contributed by atoms with E-state index in [1.807, 2.05) is 21.0 Å². The van der Waals surface area contributed by atoms with Gasteiger partial charge in [-0.15, -0.1) is 0 Å². The number of carbonyl (C=O) groups excluding carboxylic acids is 1. The molecule has 108 valence electrons. The van der Waals surface area contributed by atoms with Gasteiger partial charge in [0.2, 0.25) is 0 Å². The predicted molar refractivity (Wildman–Crippen MR) is 75.1 cm³/mol. The van der Waals surface area contributed by atoms with Crippen LogP contribution in [-0.2, 0) is 6.42 Å². The largest absolute Gasteiger partial charge is 0.361 e. The first-order valence-corrected chi connectivity index (χ1v) is 6.68. The highest BCUT2D eigenvalue weighted by molar-refractivity contribution is 5.92. The minimum Gasteiger partial charge on any atom is -0.361 e. The first-order valence-electron chi connectivity index (χ1n) is 6.68. The van der Waals surface area contributed by atoms with Gasteiger partial charge in [0.1, 0.15) is 5.76 Å². The number of aryl methyl sites for hydroxylation is 1. The summed E-state index contributed by atoms with van der Waals surface area (Å²) in [6, 6.07) is 2.05. The molecule has 1 N–H and O–H groups in total. The van der Waals surface area contributed by atoms with Gasteiger partial charge in [-0.1, -0.05) is 25.9 Å². The van der Waals surface area contributed by atoms with Gasteiger partial charge in [-0.25, -0.2) is 0 Å². The normalized spacial score (nSPS) is 13.6. The van der Waals surface area contributed by atoms with Crippen molar-refractivity contribution < 1.29 is 9.32 Å². The molecule has 19 heavy (non-hydrogen) atoms. The first-order chi connectivity index (χ1) is 8.77. The second-order valence-corrected chi connectivity index (χ2v) is 5.84. The lowest BCUT2D eigenvalue weighted by atomic mass is 9.84. The highest BCUT2D eigenvalue weighted by Gasteiger charge is 2.28. The van der Waals surface area contributed by atoms with Crippen molar-refractivity contribution in [2.45, 2.75) is 40.2 Å². The van der Waals surface area contributed by atoms with Gasteiger partial charge < -0.3 is 14.7 Å². The van der Waals surface area contributed by atoms with Crippen molar-refractivity contribution in [2.75, 3.05) is 20.6 Å². The first kappa shape index (κ1) is 15.7. The second kappa shape index (κ2) is 6.19. The topological polar surface area (TPSA) is 58.4 Å². The summed E-state index contributed by atoms with van der Waals surface area (Å²) in [4.78, 5) is 14.1. The van der Waals surface area contributed by atoms with Gasteiger partial charge in [-0.2, -0.15) is 0 Å². The molecular formula is C14H25N3O2. The van der Waals surface area contributed by atoms with Crippen molar-refractivity contribution in [2.24, 2.45) is 5.41 Å². The summed E-state index contributed by atoms with van der Waals surface area (Å²) in [6.07, 6.45) is 0.740. The molecule has 0 aliphatic heterocycles. The van der Waals surface area contributed by atoms with Crippen LogP contribution in [0, 0.1) is 5.41 Å². The van der Waals surface area contributed by atoms with Gasteiger partial charge in [0.15, 0.2) is 5.69 Å². The van der Waals surface area contributed by atoms with E-state index in [4.69, 9.17) is 4.52 Å². The molecule has 1 aromatic rings. The summed E-state index contributed by atoms with van der Waals surface area (Å²) in [5.74, 6) is 0.550. The van der Waals surface area contributed by atoms with Crippen LogP contribution < -0.4 is 5.32 Å². The highest BCUT2D eigenvalue weighted by atomic mass is 16.5. The molecule has 1 heterocycles. The lowest BCUT2D eigenvalue weighted by molar-refractivity contribution is 0.0891. The standard InChI is InChI=1S/C14H25N3O2/c1-7-11-8-12(16-19-11)13(18)15-9-14(3,4)10(2)17(5)6/h8,10H,7,9H2,1-6H3,(H,15,18). The molecule has 0 aromatic carbocycles. The van der Waals surface area contributed by atoms with Gasteiger partial charge >= 0.3 is 0 Å². The van der Waals surface area contributed by atoms with Crippen LogP contribution in [0.1, 0.15) is 43.9 Å². The van der Waals surface area contributed by atoms with Gasteiger partial charge in [0, 0.05) is 25.1 Å². The molecule has 0 aliphatic rings. The smallest absolute Gasteiger partial charge is 0.273 e. The van der Waals surface area contributed by atoms with E-state index in [1.165, 1.54) is 0 Å². The van der Waals surface area contributed by atoms with Crippen LogP contribution >= 0.6 is 0 Å². The summed E-state index contributed by atoms with van der Waals surface area (Å²) in [6.45, 7) is 8.98. The van der Waals surface area contributed by atoms with E-state index in [9.17, 15) is 4.79 Å². The zero-order chi connectivity index (χ0) is 14.6. The molecule has 0 spiro atoms. The SMILES string of the molecule is CCc1cc(C(=O)NCC(C)(C)C(C)N(C)C)no1. The molecule has 0 fully saturated rings. The van der Waals surface area contributed by atoms with Crippen molar-refractivity contribution in [1.82, 2.24) is 15.4 Å². The van der Waals surface area contributed by atoms with E-state index in [1.54, 1.807) is 6.07 Å². The lowest BCUT2D eigenvalue weighted by Gasteiger charge is -2.36. The molecule has 1 amide bonds. The van der Waals surface area contributed by atoms with Crippen LogP contribution in [0.2, 0.25) is 0 Å². The Morgan fingerprint density at radius 3 is 2.63 bits per heavy atom. The van der Waals surface area contributed by atoms with Crippen molar-refractivity contribution in [1.29, 1.82) is 0 Å². The fourth-order valence-corrected chi connectivity index (χ4v) is 1.83.